The van der Waals surface area contributed by atoms with Gasteiger partial charge in [0.2, 0.25) is 10.0 Å². The highest BCUT2D eigenvalue weighted by atomic mass is 32.2. The molecule has 2 rings (SSSR count). The van der Waals surface area contributed by atoms with Crippen molar-refractivity contribution in [1.82, 2.24) is 14.5 Å². The topological polar surface area (TPSA) is 52.7 Å². The number of nitrogens with zero attached hydrogens (tertiary/aromatic N) is 2. The fourth-order valence-corrected chi connectivity index (χ4v) is 4.09. The fraction of sp³-hybridized carbons (Fsp3) is 1.00. The van der Waals surface area contributed by atoms with Crippen LogP contribution >= 0.6 is 0 Å². The summed E-state index contributed by atoms with van der Waals surface area (Å²) in [6.45, 7) is 12.0. The lowest BCUT2D eigenvalue weighted by Gasteiger charge is -2.52. The second-order valence-corrected chi connectivity index (χ2v) is 9.61. The van der Waals surface area contributed by atoms with Crippen LogP contribution in [-0.2, 0) is 10.0 Å². The van der Waals surface area contributed by atoms with E-state index in [0.717, 1.165) is 24.9 Å². The van der Waals surface area contributed by atoms with E-state index in [9.17, 15) is 8.42 Å². The molecule has 0 aromatic rings. The Bertz CT molecular complexity index is 438. The molecule has 0 amide bonds. The lowest BCUT2D eigenvalue weighted by molar-refractivity contribution is -0.0298. The van der Waals surface area contributed by atoms with Crippen molar-refractivity contribution in [3.63, 3.8) is 0 Å². The zero-order chi connectivity index (χ0) is 15.7. The molecule has 0 aliphatic carbocycles. The maximum Gasteiger partial charge on any atom is 0.212 e. The highest BCUT2D eigenvalue weighted by Gasteiger charge is 2.39. The minimum absolute atomic E-state index is 0.217. The predicted molar refractivity (Wildman–Crippen MR) is 86.8 cm³/mol. The number of nitrogens with one attached hydrogen (secondary N) is 1. The van der Waals surface area contributed by atoms with Gasteiger partial charge in [-0.3, -0.25) is 4.90 Å². The Kier molecular flexibility index (Phi) is 5.34. The van der Waals surface area contributed by atoms with Gasteiger partial charge in [-0.1, -0.05) is 0 Å². The van der Waals surface area contributed by atoms with E-state index in [1.165, 1.54) is 33.0 Å². The van der Waals surface area contributed by atoms with Crippen LogP contribution in [0.25, 0.3) is 0 Å². The van der Waals surface area contributed by atoms with Gasteiger partial charge >= 0.3 is 0 Å². The van der Waals surface area contributed by atoms with Crippen LogP contribution in [0.4, 0.5) is 0 Å². The summed E-state index contributed by atoms with van der Waals surface area (Å²) in [5, 5.41) is 0. The minimum Gasteiger partial charge on any atom is -0.302 e. The molecule has 2 aliphatic heterocycles. The Morgan fingerprint density at radius 2 is 1.81 bits per heavy atom. The molecule has 1 unspecified atom stereocenters. The first-order valence-corrected chi connectivity index (χ1v) is 9.75. The first kappa shape index (κ1) is 17.2. The smallest absolute Gasteiger partial charge is 0.212 e. The Hall–Kier alpha value is -0.170. The van der Waals surface area contributed by atoms with Crippen LogP contribution in [0.2, 0.25) is 0 Å². The fourth-order valence-electron chi connectivity index (χ4n) is 3.39. The van der Waals surface area contributed by atoms with Crippen LogP contribution in [0, 0.1) is 11.8 Å². The molecule has 0 aromatic heterocycles. The molecule has 5 nitrogen and oxygen atoms in total. The van der Waals surface area contributed by atoms with Crippen molar-refractivity contribution < 1.29 is 8.42 Å². The number of piperidine rings is 1. The highest BCUT2D eigenvalue weighted by molar-refractivity contribution is 7.89. The van der Waals surface area contributed by atoms with Crippen molar-refractivity contribution in [1.29, 1.82) is 0 Å². The number of hydrogen-bond donors (Lipinski definition) is 1. The summed E-state index contributed by atoms with van der Waals surface area (Å²) in [5.41, 5.74) is 0.283. The average molecular weight is 317 g/mol. The third kappa shape index (κ3) is 4.65. The van der Waals surface area contributed by atoms with Gasteiger partial charge in [-0.05, 0) is 59.0 Å². The molecule has 2 heterocycles. The molecule has 2 fully saturated rings. The van der Waals surface area contributed by atoms with Crippen LogP contribution in [0.1, 0.15) is 33.6 Å². The van der Waals surface area contributed by atoms with Gasteiger partial charge in [0.05, 0.1) is 5.75 Å². The normalized spacial score (nSPS) is 26.8. The number of rotatable bonds is 5. The average Bonchev–Trinajstić information content (AvgIpc) is 2.34. The predicted octanol–water partition coefficient (Wildman–Crippen LogP) is 0.978. The Morgan fingerprint density at radius 3 is 2.38 bits per heavy atom. The maximum atomic E-state index is 11.5. The first-order chi connectivity index (χ1) is 9.71. The number of sulfonamides is 1. The van der Waals surface area contributed by atoms with Crippen LogP contribution in [0.5, 0.6) is 0 Å². The van der Waals surface area contributed by atoms with E-state index < -0.39 is 10.0 Å². The van der Waals surface area contributed by atoms with Crippen LogP contribution in [0.3, 0.4) is 0 Å². The summed E-state index contributed by atoms with van der Waals surface area (Å²) in [7, 11) is -1.59. The zero-order valence-electron chi connectivity index (χ0n) is 13.9. The summed E-state index contributed by atoms with van der Waals surface area (Å²) >= 11 is 0. The Morgan fingerprint density at radius 1 is 1.14 bits per heavy atom. The lowest BCUT2D eigenvalue weighted by Crippen LogP contribution is -2.59. The highest BCUT2D eigenvalue weighted by Crippen LogP contribution is 2.34. The molecule has 0 radical (unpaired) electrons. The second kappa shape index (κ2) is 6.52. The molecule has 1 N–H and O–H groups in total. The molecule has 1 atom stereocenters. The molecule has 2 saturated heterocycles. The first-order valence-electron chi connectivity index (χ1n) is 8.10. The van der Waals surface area contributed by atoms with Gasteiger partial charge < -0.3 is 4.90 Å². The molecule has 0 saturated carbocycles. The maximum absolute atomic E-state index is 11.5. The molecule has 2 aliphatic rings. The van der Waals surface area contributed by atoms with E-state index in [4.69, 9.17) is 0 Å². The molecule has 6 heteroatoms. The Balaban J connectivity index is 1.77. The molecule has 0 spiro atoms. The molecule has 21 heavy (non-hydrogen) atoms. The van der Waals surface area contributed by atoms with Gasteiger partial charge in [-0.25, -0.2) is 13.1 Å². The van der Waals surface area contributed by atoms with Gasteiger partial charge in [-0.15, -0.1) is 0 Å². The van der Waals surface area contributed by atoms with Crippen molar-refractivity contribution in [2.24, 2.45) is 11.8 Å². The zero-order valence-corrected chi connectivity index (χ0v) is 14.7. The monoisotopic (exact) mass is 317 g/mol. The summed E-state index contributed by atoms with van der Waals surface area (Å²) in [4.78, 5) is 4.88. The quantitative estimate of drug-likeness (QED) is 0.821. The van der Waals surface area contributed by atoms with Crippen LogP contribution in [-0.4, -0.2) is 69.3 Å². The van der Waals surface area contributed by atoms with Gasteiger partial charge in [0.15, 0.2) is 0 Å². The standard InChI is InChI=1S/C15H31N3O2S/c1-15(2,3)18-11-14(12-18)13-6-5-7-17(10-13)8-9-21(19,20)16-4/h13-14,16H,5-12H2,1-4H3. The summed E-state index contributed by atoms with van der Waals surface area (Å²) < 4.78 is 25.5. The van der Waals surface area contributed by atoms with E-state index >= 15 is 0 Å². The molecule has 124 valence electrons. The van der Waals surface area contributed by atoms with E-state index in [2.05, 4.69) is 35.3 Å². The molecule has 0 bridgehead atoms. The van der Waals surface area contributed by atoms with Crippen molar-refractivity contribution in [3.8, 4) is 0 Å². The minimum atomic E-state index is -3.08. The summed E-state index contributed by atoms with van der Waals surface area (Å²) in [6.07, 6.45) is 2.51. The van der Waals surface area contributed by atoms with Crippen molar-refractivity contribution in [2.75, 3.05) is 45.5 Å². The summed E-state index contributed by atoms with van der Waals surface area (Å²) in [5.74, 6) is 1.76. The van der Waals surface area contributed by atoms with E-state index in [1.807, 2.05) is 0 Å². The van der Waals surface area contributed by atoms with Crippen molar-refractivity contribution >= 4 is 10.0 Å². The van der Waals surface area contributed by atoms with Gasteiger partial charge in [0.1, 0.15) is 0 Å². The SMILES string of the molecule is CNS(=O)(=O)CCN1CCCC(C2CN(C(C)(C)C)C2)C1. The van der Waals surface area contributed by atoms with E-state index in [-0.39, 0.29) is 11.3 Å². The third-order valence-corrected chi connectivity index (χ3v) is 6.40. The second-order valence-electron chi connectivity index (χ2n) is 7.56. The number of likely N-dealkylation sites (tertiary alicyclic amines) is 2. The van der Waals surface area contributed by atoms with Crippen LogP contribution < -0.4 is 4.72 Å². The molecular formula is C15H31N3O2S. The van der Waals surface area contributed by atoms with Crippen molar-refractivity contribution in [2.45, 2.75) is 39.2 Å². The lowest BCUT2D eigenvalue weighted by atomic mass is 9.78. The van der Waals surface area contributed by atoms with Gasteiger partial charge in [0, 0.05) is 31.7 Å². The van der Waals surface area contributed by atoms with Gasteiger partial charge in [0.25, 0.3) is 0 Å². The Labute approximate surface area is 130 Å². The van der Waals surface area contributed by atoms with E-state index in [0.29, 0.717) is 6.54 Å². The third-order valence-electron chi connectivity index (χ3n) is 5.05. The van der Waals surface area contributed by atoms with E-state index in [1.54, 1.807) is 0 Å². The summed E-state index contributed by atoms with van der Waals surface area (Å²) in [6, 6.07) is 0. The molecular weight excluding hydrogens is 286 g/mol. The van der Waals surface area contributed by atoms with Crippen molar-refractivity contribution in [3.05, 3.63) is 0 Å². The number of hydrogen-bond acceptors (Lipinski definition) is 4. The van der Waals surface area contributed by atoms with Crippen LogP contribution in [0.15, 0.2) is 0 Å². The molecule has 0 aromatic carbocycles. The van der Waals surface area contributed by atoms with Gasteiger partial charge in [-0.2, -0.15) is 0 Å². The largest absolute Gasteiger partial charge is 0.302 e.